The zero-order valence-corrected chi connectivity index (χ0v) is 24.1. The van der Waals surface area contributed by atoms with Crippen molar-refractivity contribution in [3.63, 3.8) is 0 Å². The van der Waals surface area contributed by atoms with E-state index in [1.807, 2.05) is 21.1 Å². The number of carbonyl (C=O) groups excluding carboxylic acids is 2. The van der Waals surface area contributed by atoms with Crippen molar-refractivity contribution in [2.45, 2.75) is 97.0 Å². The molecule has 1 unspecified atom stereocenters. The number of likely N-dealkylation sites (N-methyl/N-ethyl adjacent to an activating group) is 1. The van der Waals surface area contributed by atoms with Gasteiger partial charge in [-0.25, -0.2) is 4.57 Å². The van der Waals surface area contributed by atoms with Gasteiger partial charge in [-0.3, -0.25) is 18.6 Å². The summed E-state index contributed by atoms with van der Waals surface area (Å²) in [6.45, 7) is 3.30. The van der Waals surface area contributed by atoms with Crippen molar-refractivity contribution in [1.29, 1.82) is 0 Å². The van der Waals surface area contributed by atoms with Gasteiger partial charge in [0.15, 0.2) is 6.10 Å². The topological polar surface area (TPSA) is 108 Å². The number of hydrogen-bond donors (Lipinski definition) is 1. The van der Waals surface area contributed by atoms with Gasteiger partial charge >= 0.3 is 19.8 Å². The number of phosphoric ester groups is 1. The van der Waals surface area contributed by atoms with Crippen molar-refractivity contribution in [3.8, 4) is 0 Å². The van der Waals surface area contributed by atoms with Crippen LogP contribution in [-0.2, 0) is 32.7 Å². The van der Waals surface area contributed by atoms with Crippen molar-refractivity contribution in [1.82, 2.24) is 0 Å². The van der Waals surface area contributed by atoms with Crippen LogP contribution in [0.4, 0.5) is 0 Å². The van der Waals surface area contributed by atoms with Gasteiger partial charge in [0.2, 0.25) is 0 Å². The Kier molecular flexibility index (Phi) is 20.0. The molecule has 1 N–H and O–H groups in total. The fraction of sp³-hybridized carbons (Fsp3) is 0.846. The van der Waals surface area contributed by atoms with E-state index in [0.29, 0.717) is 11.0 Å². The molecule has 0 aromatic heterocycles. The van der Waals surface area contributed by atoms with E-state index in [1.165, 1.54) is 39.0 Å². The van der Waals surface area contributed by atoms with Gasteiger partial charge in [-0.05, 0) is 32.1 Å². The first kappa shape index (κ1) is 34.8. The second-order valence-corrected chi connectivity index (χ2v) is 11.6. The van der Waals surface area contributed by atoms with E-state index < -0.39 is 32.5 Å². The molecule has 10 heteroatoms. The van der Waals surface area contributed by atoms with Crippen molar-refractivity contribution < 1.29 is 42.1 Å². The summed E-state index contributed by atoms with van der Waals surface area (Å²) in [6, 6.07) is 0. The molecule has 0 amide bonds. The van der Waals surface area contributed by atoms with Gasteiger partial charge in [-0.15, -0.1) is 0 Å². The Balaban J connectivity index is 4.01. The highest BCUT2D eigenvalue weighted by Gasteiger charge is 2.26. The zero-order chi connectivity index (χ0) is 27.3. The molecule has 0 aliphatic heterocycles. The Labute approximate surface area is 218 Å². The Hall–Kier alpha value is -1.25. The highest BCUT2D eigenvalue weighted by atomic mass is 31.2. The number of ether oxygens (including phenoxy) is 2. The van der Waals surface area contributed by atoms with Gasteiger partial charge in [0.1, 0.15) is 19.8 Å². The molecule has 0 bridgehead atoms. The van der Waals surface area contributed by atoms with E-state index in [2.05, 4.69) is 19.1 Å². The maximum atomic E-state index is 12.0. The molecule has 9 nitrogen and oxygen atoms in total. The van der Waals surface area contributed by atoms with E-state index >= 15 is 0 Å². The van der Waals surface area contributed by atoms with Crippen LogP contribution in [0.25, 0.3) is 0 Å². The predicted molar refractivity (Wildman–Crippen MR) is 141 cm³/mol. The van der Waals surface area contributed by atoms with E-state index in [9.17, 15) is 19.0 Å². The monoisotopic (exact) mass is 536 g/mol. The minimum absolute atomic E-state index is 0.0281. The largest absolute Gasteiger partial charge is 0.472 e. The third-order valence-electron chi connectivity index (χ3n) is 5.35. The molecule has 0 aromatic rings. The molecule has 0 spiro atoms. The van der Waals surface area contributed by atoms with Crippen LogP contribution >= 0.6 is 7.82 Å². The zero-order valence-electron chi connectivity index (χ0n) is 23.2. The number of hydrogen-bond acceptors (Lipinski definition) is 7. The second-order valence-electron chi connectivity index (χ2n) is 10.2. The molecule has 0 saturated carbocycles. The minimum atomic E-state index is -4.31. The van der Waals surface area contributed by atoms with Crippen LogP contribution in [0.3, 0.4) is 0 Å². The molecule has 0 aliphatic carbocycles. The SMILES string of the molecule is CCCCCC/C=C\CCCCCCCC(=O)OC[C@H](COP(=O)(O)OCC[N+](C)(C)C)OC(C)=O. The second kappa shape index (κ2) is 20.8. The van der Waals surface area contributed by atoms with Gasteiger partial charge in [0.25, 0.3) is 0 Å². The van der Waals surface area contributed by atoms with E-state index in [0.717, 1.165) is 38.5 Å². The lowest BCUT2D eigenvalue weighted by Crippen LogP contribution is -2.37. The maximum Gasteiger partial charge on any atom is 0.472 e. The number of phosphoric acid groups is 1. The van der Waals surface area contributed by atoms with Crippen LogP contribution in [0.5, 0.6) is 0 Å². The van der Waals surface area contributed by atoms with Crippen LogP contribution in [0.15, 0.2) is 12.2 Å². The van der Waals surface area contributed by atoms with Gasteiger partial charge < -0.3 is 18.9 Å². The average Bonchev–Trinajstić information content (AvgIpc) is 2.77. The summed E-state index contributed by atoms with van der Waals surface area (Å²) >= 11 is 0. The molecule has 0 heterocycles. The maximum absolute atomic E-state index is 12.0. The first-order valence-electron chi connectivity index (χ1n) is 13.4. The third kappa shape index (κ3) is 24.4. The first-order valence-corrected chi connectivity index (χ1v) is 14.8. The molecule has 0 fully saturated rings. The van der Waals surface area contributed by atoms with Gasteiger partial charge in [0.05, 0.1) is 27.7 Å². The van der Waals surface area contributed by atoms with Gasteiger partial charge in [0, 0.05) is 13.3 Å². The Morgan fingerprint density at radius 3 is 2.06 bits per heavy atom. The number of unbranched alkanes of at least 4 members (excludes halogenated alkanes) is 9. The summed E-state index contributed by atoms with van der Waals surface area (Å²) in [5.74, 6) is -1.01. The average molecular weight is 537 g/mol. The highest BCUT2D eigenvalue weighted by molar-refractivity contribution is 7.47. The molecule has 0 aliphatic rings. The number of allylic oxidation sites excluding steroid dienone is 2. The Morgan fingerprint density at radius 2 is 1.47 bits per heavy atom. The fourth-order valence-electron chi connectivity index (χ4n) is 3.24. The quantitative estimate of drug-likeness (QED) is 0.0595. The Morgan fingerprint density at radius 1 is 0.889 bits per heavy atom. The van der Waals surface area contributed by atoms with Crippen LogP contribution in [0, 0.1) is 0 Å². The van der Waals surface area contributed by atoms with Crippen LogP contribution in [0.1, 0.15) is 90.9 Å². The molecule has 0 rings (SSSR count). The van der Waals surface area contributed by atoms with Crippen molar-refractivity contribution in [3.05, 3.63) is 12.2 Å². The lowest BCUT2D eigenvalue weighted by Gasteiger charge is -2.24. The van der Waals surface area contributed by atoms with Gasteiger partial charge in [-0.1, -0.05) is 57.6 Å². The predicted octanol–water partition coefficient (Wildman–Crippen LogP) is 5.56. The summed E-state index contributed by atoms with van der Waals surface area (Å²) in [5, 5.41) is 0. The number of nitrogens with zero attached hydrogens (tertiary/aromatic N) is 1. The van der Waals surface area contributed by atoms with E-state index in [-0.39, 0.29) is 19.6 Å². The van der Waals surface area contributed by atoms with E-state index in [4.69, 9.17) is 18.5 Å². The number of carbonyl (C=O) groups is 2. The summed E-state index contributed by atoms with van der Waals surface area (Å²) in [6.07, 6.45) is 16.4. The van der Waals surface area contributed by atoms with Crippen LogP contribution in [0.2, 0.25) is 0 Å². The van der Waals surface area contributed by atoms with Crippen LogP contribution in [-0.4, -0.2) is 74.9 Å². The number of esters is 2. The van der Waals surface area contributed by atoms with Crippen LogP contribution < -0.4 is 0 Å². The van der Waals surface area contributed by atoms with Crippen molar-refractivity contribution in [2.24, 2.45) is 0 Å². The summed E-state index contributed by atoms with van der Waals surface area (Å²) in [4.78, 5) is 33.2. The van der Waals surface area contributed by atoms with E-state index in [1.54, 1.807) is 0 Å². The lowest BCUT2D eigenvalue weighted by atomic mass is 10.1. The number of rotatable bonds is 23. The Bertz CT molecular complexity index is 663. The highest BCUT2D eigenvalue weighted by Crippen LogP contribution is 2.43. The molecular weight excluding hydrogens is 485 g/mol. The summed E-state index contributed by atoms with van der Waals surface area (Å²) in [5.41, 5.74) is 0. The van der Waals surface area contributed by atoms with Crippen molar-refractivity contribution in [2.75, 3.05) is 47.5 Å². The molecular formula is C26H51NO8P+. The molecule has 36 heavy (non-hydrogen) atoms. The molecule has 2 atom stereocenters. The fourth-order valence-corrected chi connectivity index (χ4v) is 3.98. The number of quaternary nitrogens is 1. The summed E-state index contributed by atoms with van der Waals surface area (Å²) in [7, 11) is 1.46. The normalized spacial score (nSPS) is 14.5. The minimum Gasteiger partial charge on any atom is -0.462 e. The first-order chi connectivity index (χ1) is 16.9. The van der Waals surface area contributed by atoms with Crippen molar-refractivity contribution >= 4 is 19.8 Å². The molecule has 0 radical (unpaired) electrons. The molecule has 0 saturated heterocycles. The third-order valence-corrected chi connectivity index (χ3v) is 6.33. The standard InChI is InChI=1S/C26H50NO8P/c1-6-7-8-9-10-11-12-13-14-15-16-17-18-19-26(29)32-22-25(35-24(2)28)23-34-36(30,31)33-21-20-27(3,4)5/h11-12,25H,6-10,13-23H2,1-5H3/p+1/b12-11-/t25-/m1/s1. The molecule has 0 aromatic carbocycles. The van der Waals surface area contributed by atoms with Gasteiger partial charge in [-0.2, -0.15) is 0 Å². The lowest BCUT2D eigenvalue weighted by molar-refractivity contribution is -0.870. The summed E-state index contributed by atoms with van der Waals surface area (Å²) < 4.78 is 32.7. The smallest absolute Gasteiger partial charge is 0.462 e. The molecule has 212 valence electrons.